The molecule has 0 radical (unpaired) electrons. The van der Waals surface area contributed by atoms with Crippen LogP contribution in [0.15, 0.2) is 52.3 Å². The van der Waals surface area contributed by atoms with Crippen LogP contribution in [-0.2, 0) is 6.54 Å². The van der Waals surface area contributed by atoms with Crippen molar-refractivity contribution in [3.8, 4) is 0 Å². The number of hydrogen-bond acceptors (Lipinski definition) is 2. The van der Waals surface area contributed by atoms with E-state index in [0.717, 1.165) is 20.4 Å². The molecular formula is C13H11Cl2NS. The Labute approximate surface area is 115 Å². The van der Waals surface area contributed by atoms with Crippen molar-refractivity contribution in [3.05, 3.63) is 58.1 Å². The number of hydrogen-bond donors (Lipinski definition) is 1. The second-order valence-electron chi connectivity index (χ2n) is 3.52. The maximum atomic E-state index is 5.99. The molecule has 0 fully saturated rings. The highest BCUT2D eigenvalue weighted by atomic mass is 35.5. The van der Waals surface area contributed by atoms with Gasteiger partial charge in [0.2, 0.25) is 0 Å². The van der Waals surface area contributed by atoms with Gasteiger partial charge in [0, 0.05) is 26.4 Å². The first kappa shape index (κ1) is 12.8. The van der Waals surface area contributed by atoms with Gasteiger partial charge in [-0.25, -0.2) is 0 Å². The fraction of sp³-hybridized carbons (Fsp3) is 0.0769. The van der Waals surface area contributed by atoms with Gasteiger partial charge in [-0.2, -0.15) is 0 Å². The first-order valence-electron chi connectivity index (χ1n) is 5.11. The summed E-state index contributed by atoms with van der Waals surface area (Å²) < 4.78 is 0. The molecular weight excluding hydrogens is 273 g/mol. The van der Waals surface area contributed by atoms with Gasteiger partial charge in [-0.15, -0.1) is 0 Å². The summed E-state index contributed by atoms with van der Waals surface area (Å²) in [5.74, 6) is 0. The average molecular weight is 284 g/mol. The molecule has 0 spiro atoms. The molecule has 0 amide bonds. The maximum Gasteiger partial charge on any atom is 0.0417 e. The van der Waals surface area contributed by atoms with Gasteiger partial charge in [-0.1, -0.05) is 47.1 Å². The lowest BCUT2D eigenvalue weighted by Gasteiger charge is -2.08. The second-order valence-corrected chi connectivity index (χ2v) is 5.50. The fourth-order valence-electron chi connectivity index (χ4n) is 1.45. The van der Waals surface area contributed by atoms with Crippen molar-refractivity contribution in [2.75, 3.05) is 0 Å². The highest BCUT2D eigenvalue weighted by Crippen LogP contribution is 2.33. The molecule has 0 aromatic heterocycles. The third kappa shape index (κ3) is 3.39. The molecule has 2 rings (SSSR count). The summed E-state index contributed by atoms with van der Waals surface area (Å²) in [6, 6.07) is 13.5. The summed E-state index contributed by atoms with van der Waals surface area (Å²) in [6.07, 6.45) is 0. The van der Waals surface area contributed by atoms with Gasteiger partial charge >= 0.3 is 0 Å². The van der Waals surface area contributed by atoms with Crippen molar-refractivity contribution in [2.24, 2.45) is 5.73 Å². The SMILES string of the molecule is NCc1ccc(Cl)cc1Sc1cccc(Cl)c1. The van der Waals surface area contributed by atoms with Gasteiger partial charge in [-0.3, -0.25) is 0 Å². The summed E-state index contributed by atoms with van der Waals surface area (Å²) >= 11 is 13.6. The lowest BCUT2D eigenvalue weighted by atomic mass is 10.2. The summed E-state index contributed by atoms with van der Waals surface area (Å²) in [6.45, 7) is 0.500. The number of rotatable bonds is 3. The summed E-state index contributed by atoms with van der Waals surface area (Å²) in [7, 11) is 0. The minimum Gasteiger partial charge on any atom is -0.326 e. The normalized spacial score (nSPS) is 10.5. The Hall–Kier alpha value is -0.670. The third-order valence-electron chi connectivity index (χ3n) is 2.27. The number of nitrogens with two attached hydrogens (primary N) is 1. The Morgan fingerprint density at radius 3 is 2.47 bits per heavy atom. The summed E-state index contributed by atoms with van der Waals surface area (Å²) in [5, 5.41) is 1.44. The Morgan fingerprint density at radius 1 is 1.00 bits per heavy atom. The lowest BCUT2D eigenvalue weighted by Crippen LogP contribution is -1.97. The van der Waals surface area contributed by atoms with Crippen LogP contribution in [0.5, 0.6) is 0 Å². The number of halogens is 2. The zero-order chi connectivity index (χ0) is 12.3. The van der Waals surface area contributed by atoms with Crippen molar-refractivity contribution in [2.45, 2.75) is 16.3 Å². The van der Waals surface area contributed by atoms with Crippen LogP contribution in [0.4, 0.5) is 0 Å². The topological polar surface area (TPSA) is 26.0 Å². The van der Waals surface area contributed by atoms with E-state index in [1.54, 1.807) is 11.8 Å². The van der Waals surface area contributed by atoms with Crippen LogP contribution < -0.4 is 5.73 Å². The molecule has 1 nitrogen and oxygen atoms in total. The van der Waals surface area contributed by atoms with E-state index in [-0.39, 0.29) is 0 Å². The van der Waals surface area contributed by atoms with Crippen LogP contribution in [0, 0.1) is 0 Å². The fourth-order valence-corrected chi connectivity index (χ4v) is 3.00. The van der Waals surface area contributed by atoms with Gasteiger partial charge in [0.05, 0.1) is 0 Å². The second kappa shape index (κ2) is 5.78. The quantitative estimate of drug-likeness (QED) is 0.891. The van der Waals surface area contributed by atoms with E-state index in [0.29, 0.717) is 11.6 Å². The van der Waals surface area contributed by atoms with Crippen LogP contribution in [0.2, 0.25) is 10.0 Å². The minimum absolute atomic E-state index is 0.500. The first-order chi connectivity index (χ1) is 8.19. The zero-order valence-electron chi connectivity index (χ0n) is 8.99. The molecule has 0 aliphatic heterocycles. The molecule has 0 saturated carbocycles. The van der Waals surface area contributed by atoms with Crippen LogP contribution in [-0.4, -0.2) is 0 Å². The van der Waals surface area contributed by atoms with Crippen LogP contribution in [0.25, 0.3) is 0 Å². The van der Waals surface area contributed by atoms with E-state index >= 15 is 0 Å². The molecule has 2 aromatic carbocycles. The van der Waals surface area contributed by atoms with E-state index < -0.39 is 0 Å². The zero-order valence-corrected chi connectivity index (χ0v) is 11.3. The third-order valence-corrected chi connectivity index (χ3v) is 3.83. The van der Waals surface area contributed by atoms with Gasteiger partial charge in [0.25, 0.3) is 0 Å². The van der Waals surface area contributed by atoms with Crippen molar-refractivity contribution in [1.82, 2.24) is 0 Å². The molecule has 0 bridgehead atoms. The van der Waals surface area contributed by atoms with E-state index in [2.05, 4.69) is 0 Å². The molecule has 0 atom stereocenters. The predicted octanol–water partition coefficient (Wildman–Crippen LogP) is 4.60. The molecule has 0 aliphatic rings. The highest BCUT2D eigenvalue weighted by Gasteiger charge is 2.04. The molecule has 0 heterocycles. The monoisotopic (exact) mass is 283 g/mol. The van der Waals surface area contributed by atoms with Gasteiger partial charge in [-0.05, 0) is 35.9 Å². The van der Waals surface area contributed by atoms with Crippen molar-refractivity contribution < 1.29 is 0 Å². The Balaban J connectivity index is 2.32. The first-order valence-corrected chi connectivity index (χ1v) is 6.68. The standard InChI is InChI=1S/C13H11Cl2NS/c14-10-2-1-3-12(6-10)17-13-7-11(15)5-4-9(13)8-16/h1-7H,8,16H2. The van der Waals surface area contributed by atoms with Gasteiger partial charge < -0.3 is 5.73 Å². The Morgan fingerprint density at radius 2 is 1.76 bits per heavy atom. The van der Waals surface area contributed by atoms with Gasteiger partial charge in [0.15, 0.2) is 0 Å². The minimum atomic E-state index is 0.500. The Bertz CT molecular complexity index is 529. The molecule has 88 valence electrons. The molecule has 17 heavy (non-hydrogen) atoms. The Kier molecular flexibility index (Phi) is 4.35. The maximum absolute atomic E-state index is 5.99. The molecule has 0 saturated heterocycles. The van der Waals surface area contributed by atoms with E-state index in [1.165, 1.54) is 0 Å². The van der Waals surface area contributed by atoms with Crippen LogP contribution in [0.1, 0.15) is 5.56 Å². The molecule has 2 N–H and O–H groups in total. The molecule has 0 unspecified atom stereocenters. The highest BCUT2D eigenvalue weighted by molar-refractivity contribution is 7.99. The van der Waals surface area contributed by atoms with Crippen LogP contribution >= 0.6 is 35.0 Å². The number of benzene rings is 2. The largest absolute Gasteiger partial charge is 0.326 e. The van der Waals surface area contributed by atoms with E-state index in [1.807, 2.05) is 42.5 Å². The van der Waals surface area contributed by atoms with E-state index in [4.69, 9.17) is 28.9 Å². The van der Waals surface area contributed by atoms with Gasteiger partial charge in [0.1, 0.15) is 0 Å². The predicted molar refractivity (Wildman–Crippen MR) is 74.9 cm³/mol. The molecule has 4 heteroatoms. The van der Waals surface area contributed by atoms with Crippen molar-refractivity contribution in [1.29, 1.82) is 0 Å². The molecule has 0 aliphatic carbocycles. The summed E-state index contributed by atoms with van der Waals surface area (Å²) in [4.78, 5) is 2.15. The van der Waals surface area contributed by atoms with Crippen molar-refractivity contribution in [3.63, 3.8) is 0 Å². The average Bonchev–Trinajstić information content (AvgIpc) is 2.29. The lowest BCUT2D eigenvalue weighted by molar-refractivity contribution is 1.03. The summed E-state index contributed by atoms with van der Waals surface area (Å²) in [5.41, 5.74) is 6.78. The smallest absolute Gasteiger partial charge is 0.0417 e. The van der Waals surface area contributed by atoms with Crippen molar-refractivity contribution >= 4 is 35.0 Å². The van der Waals surface area contributed by atoms with E-state index in [9.17, 15) is 0 Å². The van der Waals surface area contributed by atoms with Crippen LogP contribution in [0.3, 0.4) is 0 Å². The molecule has 2 aromatic rings.